The maximum atomic E-state index is 12.5. The van der Waals surface area contributed by atoms with E-state index in [4.69, 9.17) is 0 Å². The minimum Gasteiger partial charge on any atom is -0.329 e. The van der Waals surface area contributed by atoms with Crippen LogP contribution in [0.4, 0.5) is 0 Å². The molecule has 1 rings (SSSR count). The zero-order valence-corrected chi connectivity index (χ0v) is 12.4. The second-order valence-electron chi connectivity index (χ2n) is 6.75. The lowest BCUT2D eigenvalue weighted by Gasteiger charge is -2.55. The molecule has 0 N–H and O–H groups in total. The molecule has 0 saturated carbocycles. The molecule has 0 aromatic carbocycles. The van der Waals surface area contributed by atoms with E-state index >= 15 is 0 Å². The van der Waals surface area contributed by atoms with Crippen molar-refractivity contribution >= 4 is 5.91 Å². The quantitative estimate of drug-likeness (QED) is 0.636. The maximum Gasteiger partial charge on any atom is 0.250 e. The summed E-state index contributed by atoms with van der Waals surface area (Å²) in [5.41, 5.74) is 0.742. The molecule has 0 unspecified atom stereocenters. The van der Waals surface area contributed by atoms with E-state index in [0.717, 1.165) is 18.4 Å². The van der Waals surface area contributed by atoms with Crippen molar-refractivity contribution in [2.75, 3.05) is 0 Å². The molecule has 1 aliphatic rings. The number of carbonyl (C=O) groups excluding carboxylic acids is 1. The monoisotopic (exact) mass is 237 g/mol. The van der Waals surface area contributed by atoms with Gasteiger partial charge >= 0.3 is 0 Å². The van der Waals surface area contributed by atoms with Crippen LogP contribution in [-0.2, 0) is 4.79 Å². The lowest BCUT2D eigenvalue weighted by Crippen LogP contribution is -2.62. The van der Waals surface area contributed by atoms with Gasteiger partial charge in [0.1, 0.15) is 0 Å². The Morgan fingerprint density at radius 1 is 1.18 bits per heavy atom. The normalized spacial score (nSPS) is 24.9. The summed E-state index contributed by atoms with van der Waals surface area (Å²) in [5.74, 6) is 0.865. The smallest absolute Gasteiger partial charge is 0.250 e. The third-order valence-corrected chi connectivity index (χ3v) is 3.88. The molecule has 1 fully saturated rings. The van der Waals surface area contributed by atoms with Gasteiger partial charge in [-0.2, -0.15) is 0 Å². The number of carbonyl (C=O) groups is 1. The molecule has 1 aliphatic heterocycles. The van der Waals surface area contributed by atoms with E-state index in [-0.39, 0.29) is 17.0 Å². The second kappa shape index (κ2) is 4.47. The molecule has 2 nitrogen and oxygen atoms in total. The lowest BCUT2D eigenvalue weighted by atomic mass is 9.74. The number of rotatable bonds is 1. The van der Waals surface area contributed by atoms with Gasteiger partial charge in [-0.05, 0) is 60.3 Å². The van der Waals surface area contributed by atoms with Crippen LogP contribution in [0, 0.1) is 5.92 Å². The van der Waals surface area contributed by atoms with Gasteiger partial charge in [-0.3, -0.25) is 4.79 Å². The lowest BCUT2D eigenvalue weighted by molar-refractivity contribution is -0.146. The Hall–Kier alpha value is -0.790. The average Bonchev–Trinajstić information content (AvgIpc) is 2.11. The van der Waals surface area contributed by atoms with E-state index in [9.17, 15) is 4.79 Å². The zero-order valence-electron chi connectivity index (χ0n) is 12.4. The van der Waals surface area contributed by atoms with Crippen molar-refractivity contribution in [3.05, 3.63) is 11.6 Å². The van der Waals surface area contributed by atoms with Crippen LogP contribution in [0.5, 0.6) is 0 Å². The van der Waals surface area contributed by atoms with Crippen molar-refractivity contribution in [3.8, 4) is 0 Å². The van der Waals surface area contributed by atoms with Crippen molar-refractivity contribution in [1.29, 1.82) is 0 Å². The van der Waals surface area contributed by atoms with E-state index < -0.39 is 0 Å². The van der Waals surface area contributed by atoms with E-state index in [0.29, 0.717) is 5.92 Å². The van der Waals surface area contributed by atoms with Gasteiger partial charge in [-0.25, -0.2) is 0 Å². The molecular weight excluding hydrogens is 210 g/mol. The van der Waals surface area contributed by atoms with E-state index in [1.54, 1.807) is 0 Å². The largest absolute Gasteiger partial charge is 0.329 e. The summed E-state index contributed by atoms with van der Waals surface area (Å²) in [6.45, 7) is 14.9. The molecular formula is C15H27NO. The number of hydrogen-bond acceptors (Lipinski definition) is 1. The van der Waals surface area contributed by atoms with Gasteiger partial charge in [0.15, 0.2) is 0 Å². The topological polar surface area (TPSA) is 20.3 Å². The van der Waals surface area contributed by atoms with Crippen LogP contribution in [0.1, 0.15) is 61.3 Å². The first-order valence-corrected chi connectivity index (χ1v) is 6.59. The van der Waals surface area contributed by atoms with Crippen LogP contribution in [-0.4, -0.2) is 21.9 Å². The molecule has 0 aliphatic carbocycles. The first kappa shape index (κ1) is 14.3. The Bertz CT molecular complexity index is 321. The summed E-state index contributed by atoms with van der Waals surface area (Å²) in [4.78, 5) is 14.6. The summed E-state index contributed by atoms with van der Waals surface area (Å²) in [6, 6.07) is 0. The van der Waals surface area contributed by atoms with Gasteiger partial charge in [0.05, 0.1) is 0 Å². The van der Waals surface area contributed by atoms with Crippen LogP contribution in [0.2, 0.25) is 0 Å². The highest BCUT2D eigenvalue weighted by atomic mass is 16.2. The first-order chi connectivity index (χ1) is 7.62. The summed E-state index contributed by atoms with van der Waals surface area (Å²) >= 11 is 0. The molecule has 2 heteroatoms. The number of nitrogens with zero attached hydrogens (tertiary/aromatic N) is 1. The van der Waals surface area contributed by atoms with E-state index in [1.165, 1.54) is 0 Å². The number of piperidine rings is 1. The van der Waals surface area contributed by atoms with Gasteiger partial charge in [0.25, 0.3) is 0 Å². The minimum absolute atomic E-state index is 0.0531. The Labute approximate surface area is 106 Å². The Morgan fingerprint density at radius 2 is 1.59 bits per heavy atom. The fourth-order valence-corrected chi connectivity index (χ4v) is 3.63. The number of allylic oxidation sites excluding steroid dienone is 1. The van der Waals surface area contributed by atoms with Crippen LogP contribution in [0.25, 0.3) is 0 Å². The van der Waals surface area contributed by atoms with Gasteiger partial charge in [-0.1, -0.05) is 13.0 Å². The Kier molecular flexibility index (Phi) is 3.75. The average molecular weight is 237 g/mol. The Morgan fingerprint density at radius 3 is 1.94 bits per heavy atom. The fraction of sp³-hybridized carbons (Fsp3) is 0.800. The van der Waals surface area contributed by atoms with Crippen LogP contribution < -0.4 is 0 Å². The predicted molar refractivity (Wildman–Crippen MR) is 72.8 cm³/mol. The highest BCUT2D eigenvalue weighted by Crippen LogP contribution is 2.41. The standard InChI is InChI=1S/C15H27NO/c1-8-12(3)13(17)16-14(4,5)9-11(2)10-15(16,6)7/h8,11H,9-10H2,1-7H3. The molecule has 1 saturated heterocycles. The number of amides is 1. The van der Waals surface area contributed by atoms with Crippen LogP contribution >= 0.6 is 0 Å². The molecule has 0 aromatic rings. The second-order valence-corrected chi connectivity index (χ2v) is 6.75. The molecule has 17 heavy (non-hydrogen) atoms. The van der Waals surface area contributed by atoms with Crippen molar-refractivity contribution in [1.82, 2.24) is 4.90 Å². The molecule has 1 heterocycles. The molecule has 98 valence electrons. The SMILES string of the molecule is CC=C(C)C(=O)N1C(C)(C)CC(C)CC1(C)C. The summed E-state index contributed by atoms with van der Waals surface area (Å²) in [5, 5.41) is 0. The zero-order chi connectivity index (χ0) is 13.4. The summed E-state index contributed by atoms with van der Waals surface area (Å²) < 4.78 is 0. The predicted octanol–water partition coefficient (Wildman–Crippen LogP) is 3.77. The summed E-state index contributed by atoms with van der Waals surface area (Å²) in [6.07, 6.45) is 4.07. The van der Waals surface area contributed by atoms with Gasteiger partial charge in [-0.15, -0.1) is 0 Å². The van der Waals surface area contributed by atoms with Crippen LogP contribution in [0.15, 0.2) is 11.6 Å². The van der Waals surface area contributed by atoms with E-state index in [2.05, 4.69) is 39.5 Å². The van der Waals surface area contributed by atoms with E-state index in [1.807, 2.05) is 19.9 Å². The van der Waals surface area contributed by atoms with Crippen molar-refractivity contribution < 1.29 is 4.79 Å². The van der Waals surface area contributed by atoms with Gasteiger partial charge < -0.3 is 4.90 Å². The molecule has 0 bridgehead atoms. The third kappa shape index (κ3) is 2.72. The number of hydrogen-bond donors (Lipinski definition) is 0. The molecule has 0 spiro atoms. The highest BCUT2D eigenvalue weighted by Gasteiger charge is 2.46. The molecule has 1 amide bonds. The van der Waals surface area contributed by atoms with Gasteiger partial charge in [0.2, 0.25) is 5.91 Å². The molecule has 0 aromatic heterocycles. The third-order valence-electron chi connectivity index (χ3n) is 3.88. The summed E-state index contributed by atoms with van der Waals surface area (Å²) in [7, 11) is 0. The molecule has 0 atom stereocenters. The highest BCUT2D eigenvalue weighted by molar-refractivity contribution is 5.93. The fourth-order valence-electron chi connectivity index (χ4n) is 3.63. The first-order valence-electron chi connectivity index (χ1n) is 6.59. The minimum atomic E-state index is -0.0531. The maximum absolute atomic E-state index is 12.5. The van der Waals surface area contributed by atoms with Crippen molar-refractivity contribution in [2.45, 2.75) is 72.4 Å². The van der Waals surface area contributed by atoms with Crippen molar-refractivity contribution in [3.63, 3.8) is 0 Å². The van der Waals surface area contributed by atoms with Crippen molar-refractivity contribution in [2.24, 2.45) is 5.92 Å². The van der Waals surface area contributed by atoms with Gasteiger partial charge in [0, 0.05) is 16.7 Å². The Balaban J connectivity index is 3.13. The van der Waals surface area contributed by atoms with Crippen LogP contribution in [0.3, 0.4) is 0 Å². The number of likely N-dealkylation sites (tertiary alicyclic amines) is 1. The molecule has 0 radical (unpaired) electrons.